The summed E-state index contributed by atoms with van der Waals surface area (Å²) in [6.07, 6.45) is 2.71. The van der Waals surface area contributed by atoms with Gasteiger partial charge < -0.3 is 14.6 Å². The van der Waals surface area contributed by atoms with Crippen LogP contribution in [0.25, 0.3) is 0 Å². The normalized spacial score (nSPS) is 9.70. The summed E-state index contributed by atoms with van der Waals surface area (Å²) in [7, 11) is 0. The van der Waals surface area contributed by atoms with Crippen molar-refractivity contribution in [3.63, 3.8) is 0 Å². The zero-order chi connectivity index (χ0) is 22.9. The lowest BCUT2D eigenvalue weighted by atomic mass is 10.1. The number of ketones is 2. The molecule has 0 aliphatic rings. The van der Waals surface area contributed by atoms with E-state index in [0.29, 0.717) is 13.2 Å². The Kier molecular flexibility index (Phi) is 14.2. The van der Waals surface area contributed by atoms with Gasteiger partial charge >= 0.3 is 17.9 Å². The third-order valence-electron chi connectivity index (χ3n) is 3.62. The number of carbonyl (C=O) groups is 5. The largest absolute Gasteiger partial charge is 0.481 e. The summed E-state index contributed by atoms with van der Waals surface area (Å²) in [4.78, 5) is 54.4. The highest BCUT2D eigenvalue weighted by Crippen LogP contribution is 2.12. The first kappa shape index (κ1) is 27.0. The predicted molar refractivity (Wildman–Crippen MR) is 109 cm³/mol. The second-order valence-corrected chi connectivity index (χ2v) is 6.51. The summed E-state index contributed by atoms with van der Waals surface area (Å²) in [5.74, 6) is -2.97. The van der Waals surface area contributed by atoms with Crippen molar-refractivity contribution >= 4 is 29.5 Å². The minimum atomic E-state index is -1.19. The van der Waals surface area contributed by atoms with E-state index >= 15 is 0 Å². The second-order valence-electron chi connectivity index (χ2n) is 6.51. The van der Waals surface area contributed by atoms with Gasteiger partial charge in [-0.1, -0.05) is 38.8 Å². The summed E-state index contributed by atoms with van der Waals surface area (Å²) in [6.45, 7) is 6.03. The fourth-order valence-corrected chi connectivity index (χ4v) is 2.12. The van der Waals surface area contributed by atoms with Crippen molar-refractivity contribution in [3.05, 3.63) is 35.4 Å². The van der Waals surface area contributed by atoms with E-state index in [1.807, 2.05) is 13.8 Å². The Labute approximate surface area is 176 Å². The molecule has 0 radical (unpaired) electrons. The summed E-state index contributed by atoms with van der Waals surface area (Å²) in [5.41, 5.74) is 0.537. The number of unbranched alkanes of at least 4 members (excludes halogenated alkanes) is 2. The van der Waals surface area contributed by atoms with Gasteiger partial charge in [0.2, 0.25) is 0 Å². The minimum absolute atomic E-state index is 0.269. The van der Waals surface area contributed by atoms with E-state index in [-0.39, 0.29) is 23.3 Å². The molecule has 1 aromatic rings. The Morgan fingerprint density at radius 2 is 1.23 bits per heavy atom. The molecule has 0 heterocycles. The van der Waals surface area contributed by atoms with Gasteiger partial charge in [0.1, 0.15) is 12.2 Å². The number of benzene rings is 1. The number of esters is 2. The lowest BCUT2D eigenvalue weighted by Crippen LogP contribution is -2.14. The first-order valence-corrected chi connectivity index (χ1v) is 9.89. The third kappa shape index (κ3) is 12.4. The molecule has 1 rings (SSSR count). The molecule has 0 bridgehead atoms. The predicted octanol–water partition coefficient (Wildman–Crippen LogP) is 3.61. The molecule has 0 amide bonds. The number of aliphatic carboxylic acids is 1. The quantitative estimate of drug-likeness (QED) is 0.308. The number of hydrogen-bond acceptors (Lipinski definition) is 7. The Balaban J connectivity index is 0.000000710. The fourth-order valence-electron chi connectivity index (χ4n) is 2.12. The van der Waals surface area contributed by atoms with Gasteiger partial charge in [-0.05, 0) is 31.9 Å². The molecule has 8 heteroatoms. The van der Waals surface area contributed by atoms with Gasteiger partial charge in [0.05, 0.1) is 30.8 Å². The van der Waals surface area contributed by atoms with Crippen LogP contribution in [0, 0.1) is 0 Å². The number of ether oxygens (including phenoxy) is 2. The molecule has 0 aromatic heterocycles. The van der Waals surface area contributed by atoms with Crippen LogP contribution in [0.5, 0.6) is 0 Å². The molecule has 0 fully saturated rings. The molecule has 1 aromatic carbocycles. The molecule has 0 atom stereocenters. The second kappa shape index (κ2) is 15.8. The van der Waals surface area contributed by atoms with Crippen LogP contribution in [-0.2, 0) is 23.9 Å². The van der Waals surface area contributed by atoms with Gasteiger partial charge in [0.25, 0.3) is 0 Å². The Morgan fingerprint density at radius 1 is 0.800 bits per heavy atom. The molecule has 0 spiro atoms. The fraction of sp³-hybridized carbons (Fsp3) is 0.500. The van der Waals surface area contributed by atoms with Crippen LogP contribution in [0.15, 0.2) is 24.3 Å². The summed E-state index contributed by atoms with van der Waals surface area (Å²) >= 11 is 0. The zero-order valence-electron chi connectivity index (χ0n) is 17.8. The van der Waals surface area contributed by atoms with E-state index in [9.17, 15) is 24.0 Å². The van der Waals surface area contributed by atoms with Crippen molar-refractivity contribution in [2.24, 2.45) is 0 Å². The number of carbonyl (C=O) groups excluding carboxylic acids is 4. The highest BCUT2D eigenvalue weighted by atomic mass is 16.5. The van der Waals surface area contributed by atoms with Gasteiger partial charge in [-0.15, -0.1) is 0 Å². The van der Waals surface area contributed by atoms with Crippen molar-refractivity contribution in [1.29, 1.82) is 0 Å². The van der Waals surface area contributed by atoms with Gasteiger partial charge in [-0.3, -0.25) is 14.4 Å². The van der Waals surface area contributed by atoms with Crippen molar-refractivity contribution in [1.82, 2.24) is 0 Å². The highest BCUT2D eigenvalue weighted by Gasteiger charge is 2.18. The SMILES string of the molecule is CC(=O)CC(=O)CC(=O)O.CCCCOC(=O)c1ccccc1C(=O)OCCCC. The van der Waals surface area contributed by atoms with Crippen molar-refractivity contribution in [3.8, 4) is 0 Å². The molecule has 0 saturated carbocycles. The third-order valence-corrected chi connectivity index (χ3v) is 3.62. The number of hydrogen-bond donors (Lipinski definition) is 1. The number of carboxylic acids is 1. The van der Waals surface area contributed by atoms with Crippen LogP contribution in [0.1, 0.15) is 80.0 Å². The molecular weight excluding hydrogens is 392 g/mol. The van der Waals surface area contributed by atoms with E-state index < -0.39 is 30.1 Å². The molecule has 0 aliphatic carbocycles. The van der Waals surface area contributed by atoms with Gasteiger partial charge in [0, 0.05) is 0 Å². The van der Waals surface area contributed by atoms with Gasteiger partial charge in [0.15, 0.2) is 5.78 Å². The molecule has 30 heavy (non-hydrogen) atoms. The average Bonchev–Trinajstić information content (AvgIpc) is 2.67. The maximum Gasteiger partial charge on any atom is 0.339 e. The standard InChI is InChI=1S/C16H22O4.C6H8O4/c1-3-5-11-19-15(17)13-9-7-8-10-14(13)16(18)20-12-6-4-2;1-4(7)2-5(8)3-6(9)10/h7-10H,3-6,11-12H2,1-2H3;2-3H2,1H3,(H,9,10). The van der Waals surface area contributed by atoms with Crippen molar-refractivity contribution < 1.29 is 38.6 Å². The van der Waals surface area contributed by atoms with Crippen LogP contribution < -0.4 is 0 Å². The zero-order valence-corrected chi connectivity index (χ0v) is 17.8. The lowest BCUT2D eigenvalue weighted by Gasteiger charge is -2.09. The van der Waals surface area contributed by atoms with Crippen LogP contribution >= 0.6 is 0 Å². The Hall–Kier alpha value is -3.03. The first-order valence-electron chi connectivity index (χ1n) is 9.89. The van der Waals surface area contributed by atoms with Crippen LogP contribution in [-0.4, -0.2) is 47.8 Å². The average molecular weight is 422 g/mol. The Bertz CT molecular complexity index is 665. The number of rotatable bonds is 12. The lowest BCUT2D eigenvalue weighted by molar-refractivity contribution is -0.140. The van der Waals surface area contributed by atoms with E-state index in [1.54, 1.807) is 24.3 Å². The van der Waals surface area contributed by atoms with Crippen LogP contribution in [0.4, 0.5) is 0 Å². The monoisotopic (exact) mass is 422 g/mol. The smallest absolute Gasteiger partial charge is 0.339 e. The first-order chi connectivity index (χ1) is 14.2. The van der Waals surface area contributed by atoms with Crippen LogP contribution in [0.2, 0.25) is 0 Å². The van der Waals surface area contributed by atoms with Gasteiger partial charge in [-0.2, -0.15) is 0 Å². The summed E-state index contributed by atoms with van der Waals surface area (Å²) < 4.78 is 10.3. The molecule has 0 saturated heterocycles. The number of Topliss-reactive ketones (excluding diaryl/α,β-unsaturated/α-hetero) is 2. The Morgan fingerprint density at radius 3 is 1.57 bits per heavy atom. The van der Waals surface area contributed by atoms with Crippen LogP contribution in [0.3, 0.4) is 0 Å². The van der Waals surface area contributed by atoms with E-state index in [4.69, 9.17) is 14.6 Å². The van der Waals surface area contributed by atoms with E-state index in [2.05, 4.69) is 0 Å². The maximum absolute atomic E-state index is 11.9. The molecule has 8 nitrogen and oxygen atoms in total. The van der Waals surface area contributed by atoms with Gasteiger partial charge in [-0.25, -0.2) is 9.59 Å². The molecule has 166 valence electrons. The maximum atomic E-state index is 11.9. The summed E-state index contributed by atoms with van der Waals surface area (Å²) in [5, 5.41) is 8.06. The van der Waals surface area contributed by atoms with Crippen molar-refractivity contribution in [2.75, 3.05) is 13.2 Å². The van der Waals surface area contributed by atoms with Crippen molar-refractivity contribution in [2.45, 2.75) is 59.3 Å². The molecule has 0 unspecified atom stereocenters. The summed E-state index contributed by atoms with van der Waals surface area (Å²) in [6, 6.07) is 6.59. The molecule has 1 N–H and O–H groups in total. The highest BCUT2D eigenvalue weighted by molar-refractivity contribution is 6.04. The number of carboxylic acid groups (broad SMARTS) is 1. The topological polar surface area (TPSA) is 124 Å². The van der Waals surface area contributed by atoms with E-state index in [1.165, 1.54) is 6.92 Å². The minimum Gasteiger partial charge on any atom is -0.481 e. The van der Waals surface area contributed by atoms with E-state index in [0.717, 1.165) is 25.7 Å². The molecular formula is C22H30O8. The molecule has 0 aliphatic heterocycles.